The second-order valence-electron chi connectivity index (χ2n) is 6.74. The molecule has 0 radical (unpaired) electrons. The fraction of sp³-hybridized carbons (Fsp3) is 0.364. The number of hydrogen-bond donors (Lipinski definition) is 0. The van der Waals surface area contributed by atoms with E-state index in [1.165, 1.54) is 16.9 Å². The number of benzene rings is 2. The minimum absolute atomic E-state index is 0.0590. The van der Waals surface area contributed by atoms with Crippen molar-refractivity contribution in [3.8, 4) is 11.5 Å². The lowest BCUT2D eigenvalue weighted by molar-refractivity contribution is -0.118. The zero-order chi connectivity index (χ0) is 20.1. The first-order chi connectivity index (χ1) is 14.2. The van der Waals surface area contributed by atoms with Gasteiger partial charge in [-0.25, -0.2) is 0 Å². The van der Waals surface area contributed by atoms with Crippen LogP contribution < -0.4 is 14.3 Å². The number of aromatic nitrogens is 1. The topological polar surface area (TPSA) is 52.8 Å². The zero-order valence-electron chi connectivity index (χ0n) is 16.4. The average Bonchev–Trinajstić information content (AvgIpc) is 3.08. The van der Waals surface area contributed by atoms with E-state index in [0.717, 1.165) is 51.0 Å². The largest absolute Gasteiger partial charge is 0.486 e. The monoisotopic (exact) mass is 428 g/mol. The Morgan fingerprint density at radius 1 is 1.17 bits per heavy atom. The van der Waals surface area contributed by atoms with Gasteiger partial charge in [0.25, 0.3) is 0 Å². The maximum atomic E-state index is 12.4. The normalized spacial score (nSPS) is 13.8. The lowest BCUT2D eigenvalue weighted by atomic mass is 10.2. The smallest absolute Gasteiger partial charge is 0.248 e. The predicted molar refractivity (Wildman–Crippen MR) is 119 cm³/mol. The van der Waals surface area contributed by atoms with E-state index in [9.17, 15) is 4.79 Å². The molecule has 0 saturated carbocycles. The van der Waals surface area contributed by atoms with Crippen molar-refractivity contribution in [2.24, 2.45) is 4.99 Å². The van der Waals surface area contributed by atoms with Gasteiger partial charge in [-0.3, -0.25) is 4.79 Å². The molecule has 0 N–H and O–H groups in total. The van der Waals surface area contributed by atoms with Crippen molar-refractivity contribution in [2.75, 3.05) is 19.0 Å². The highest BCUT2D eigenvalue weighted by atomic mass is 32.2. The van der Waals surface area contributed by atoms with Crippen LogP contribution in [-0.2, 0) is 17.1 Å². The third-order valence-corrected chi connectivity index (χ3v) is 6.83. The quantitative estimate of drug-likeness (QED) is 0.515. The van der Waals surface area contributed by atoms with Crippen molar-refractivity contribution in [3.63, 3.8) is 0 Å². The Bertz CT molecular complexity index is 1060. The number of fused-ring (bicyclic) bond motifs is 2. The van der Waals surface area contributed by atoms with Crippen LogP contribution in [0.2, 0.25) is 0 Å². The van der Waals surface area contributed by atoms with Crippen molar-refractivity contribution in [3.05, 3.63) is 52.8 Å². The van der Waals surface area contributed by atoms with Gasteiger partial charge in [0, 0.05) is 30.9 Å². The summed E-state index contributed by atoms with van der Waals surface area (Å²) in [6, 6.07) is 14.4. The van der Waals surface area contributed by atoms with Crippen molar-refractivity contribution in [2.45, 2.75) is 32.1 Å². The summed E-state index contributed by atoms with van der Waals surface area (Å²) in [6.07, 6.45) is 1.31. The highest BCUT2D eigenvalue weighted by Crippen LogP contribution is 2.35. The molecule has 1 aliphatic heterocycles. The van der Waals surface area contributed by atoms with Gasteiger partial charge in [0.1, 0.15) is 13.2 Å². The van der Waals surface area contributed by atoms with E-state index in [0.29, 0.717) is 19.6 Å². The molecule has 2 aromatic carbocycles. The lowest BCUT2D eigenvalue weighted by Crippen LogP contribution is -2.17. The summed E-state index contributed by atoms with van der Waals surface area (Å²) in [6.45, 7) is 3.94. The van der Waals surface area contributed by atoms with Crippen molar-refractivity contribution >= 4 is 39.2 Å². The van der Waals surface area contributed by atoms with Crippen LogP contribution in [0.3, 0.4) is 0 Å². The van der Waals surface area contributed by atoms with Crippen LogP contribution in [0.15, 0.2) is 47.5 Å². The minimum Gasteiger partial charge on any atom is -0.486 e. The summed E-state index contributed by atoms with van der Waals surface area (Å²) < 4.78 is 14.5. The van der Waals surface area contributed by atoms with E-state index >= 15 is 0 Å². The lowest BCUT2D eigenvalue weighted by Gasteiger charge is -2.18. The molecule has 29 heavy (non-hydrogen) atoms. The summed E-state index contributed by atoms with van der Waals surface area (Å²) in [5, 5.41) is 0. The highest BCUT2D eigenvalue weighted by molar-refractivity contribution is 7.98. The molecule has 0 bridgehead atoms. The molecule has 0 atom stereocenters. The Kier molecular flexibility index (Phi) is 6.56. The van der Waals surface area contributed by atoms with Crippen LogP contribution in [0.1, 0.15) is 25.3 Å². The molecule has 0 aliphatic carbocycles. The molecule has 7 heteroatoms. The predicted octanol–water partition coefficient (Wildman–Crippen LogP) is 4.63. The van der Waals surface area contributed by atoms with Crippen molar-refractivity contribution in [1.29, 1.82) is 0 Å². The third-order valence-electron chi connectivity index (χ3n) is 4.67. The molecule has 3 aromatic rings. The zero-order valence-corrected chi connectivity index (χ0v) is 18.1. The van der Waals surface area contributed by atoms with Crippen molar-refractivity contribution < 1.29 is 14.3 Å². The molecular weight excluding hydrogens is 404 g/mol. The van der Waals surface area contributed by atoms with Crippen LogP contribution in [0.4, 0.5) is 0 Å². The number of amides is 1. The molecule has 0 saturated heterocycles. The maximum absolute atomic E-state index is 12.4. The second kappa shape index (κ2) is 9.50. The van der Waals surface area contributed by atoms with Crippen LogP contribution in [-0.4, -0.2) is 29.4 Å². The molecule has 0 unspecified atom stereocenters. The van der Waals surface area contributed by atoms with E-state index < -0.39 is 0 Å². The fourth-order valence-electron chi connectivity index (χ4n) is 3.25. The Morgan fingerprint density at radius 3 is 2.69 bits per heavy atom. The van der Waals surface area contributed by atoms with Gasteiger partial charge < -0.3 is 14.0 Å². The third kappa shape index (κ3) is 4.85. The van der Waals surface area contributed by atoms with Gasteiger partial charge in [-0.1, -0.05) is 41.7 Å². The molecule has 4 rings (SSSR count). The Balaban J connectivity index is 1.40. The van der Waals surface area contributed by atoms with Crippen LogP contribution in [0.25, 0.3) is 10.2 Å². The first-order valence-corrected chi connectivity index (χ1v) is 11.8. The number of carbonyl (C=O) groups excluding carboxylic acids is 1. The van der Waals surface area contributed by atoms with Gasteiger partial charge in [0.15, 0.2) is 16.3 Å². The molecule has 1 aliphatic rings. The van der Waals surface area contributed by atoms with E-state index in [1.54, 1.807) is 0 Å². The molecule has 1 amide bonds. The SMILES string of the molecule is CCn1c(=NC(=O)CCCSCc2ccccc2)sc2cc3c(cc21)OCCO3. The van der Waals surface area contributed by atoms with Crippen molar-refractivity contribution in [1.82, 2.24) is 4.57 Å². The van der Waals surface area contributed by atoms with Gasteiger partial charge >= 0.3 is 0 Å². The number of carbonyl (C=O) groups is 1. The van der Waals surface area contributed by atoms with Gasteiger partial charge in [-0.15, -0.1) is 0 Å². The molecule has 2 heterocycles. The summed E-state index contributed by atoms with van der Waals surface area (Å²) in [7, 11) is 0. The summed E-state index contributed by atoms with van der Waals surface area (Å²) in [5.41, 5.74) is 2.35. The Hall–Kier alpha value is -2.25. The Morgan fingerprint density at radius 2 is 1.93 bits per heavy atom. The van der Waals surface area contributed by atoms with Gasteiger partial charge in [0.2, 0.25) is 5.91 Å². The van der Waals surface area contributed by atoms with Crippen LogP contribution in [0.5, 0.6) is 11.5 Å². The molecule has 0 spiro atoms. The van der Waals surface area contributed by atoms with E-state index in [1.807, 2.05) is 30.0 Å². The van der Waals surface area contributed by atoms with Gasteiger partial charge in [-0.2, -0.15) is 16.8 Å². The van der Waals surface area contributed by atoms with Crippen LogP contribution >= 0.6 is 23.1 Å². The number of thiazole rings is 1. The fourth-order valence-corrected chi connectivity index (χ4v) is 5.29. The number of ether oxygens (including phenoxy) is 2. The van der Waals surface area contributed by atoms with E-state index in [4.69, 9.17) is 9.47 Å². The summed E-state index contributed by atoms with van der Waals surface area (Å²) in [4.78, 5) is 17.6. The number of hydrogen-bond acceptors (Lipinski definition) is 5. The van der Waals surface area contributed by atoms with Gasteiger partial charge in [0.05, 0.1) is 10.2 Å². The minimum atomic E-state index is -0.0590. The van der Waals surface area contributed by atoms with Crippen LogP contribution in [0, 0.1) is 0 Å². The number of thioether (sulfide) groups is 1. The summed E-state index contributed by atoms with van der Waals surface area (Å²) >= 11 is 3.38. The maximum Gasteiger partial charge on any atom is 0.248 e. The van der Waals surface area contributed by atoms with E-state index in [2.05, 4.69) is 40.7 Å². The molecule has 5 nitrogen and oxygen atoms in total. The molecule has 0 fully saturated rings. The average molecular weight is 429 g/mol. The Labute approximate surface area is 178 Å². The molecule has 1 aromatic heterocycles. The number of rotatable bonds is 7. The molecule has 152 valence electrons. The van der Waals surface area contributed by atoms with Gasteiger partial charge in [-0.05, 0) is 24.7 Å². The standard InChI is InChI=1S/C22H24N2O3S2/c1-2-24-17-13-18-19(27-11-10-26-18)14-20(17)29-22(24)23-21(25)9-6-12-28-15-16-7-4-3-5-8-16/h3-5,7-8,13-14H,2,6,9-12,15H2,1H3. The van der Waals surface area contributed by atoms with E-state index in [-0.39, 0.29) is 5.91 Å². The first kappa shape index (κ1) is 20.0. The number of nitrogens with zero attached hydrogens (tertiary/aromatic N) is 2. The molecular formula is C22H24N2O3S2. The summed E-state index contributed by atoms with van der Waals surface area (Å²) in [5.74, 6) is 3.40. The first-order valence-electron chi connectivity index (χ1n) is 9.87. The second-order valence-corrected chi connectivity index (χ2v) is 8.85. The highest BCUT2D eigenvalue weighted by Gasteiger charge is 2.16. The number of aryl methyl sites for hydroxylation is 1.